The lowest BCUT2D eigenvalue weighted by molar-refractivity contribution is -0.140. The summed E-state index contributed by atoms with van der Waals surface area (Å²) in [5.41, 5.74) is 0. The van der Waals surface area contributed by atoms with Crippen LogP contribution in [0.15, 0.2) is 0 Å². The number of β-amino-alcohol motifs (C(OH)–C–C–N with tert-alkyl or cyclic N) is 1. The molecule has 2 unspecified atom stereocenters. The molecule has 0 aromatic carbocycles. The number of carboxylic acid groups (broad SMARTS) is 1. The van der Waals surface area contributed by atoms with Gasteiger partial charge in [0.25, 0.3) is 0 Å². The number of carbonyl (C=O) groups is 1. The molecule has 1 aliphatic heterocycles. The third kappa shape index (κ3) is 3.46. The summed E-state index contributed by atoms with van der Waals surface area (Å²) in [7, 11) is -3.59. The first-order chi connectivity index (χ1) is 8.90. The zero-order valence-corrected chi connectivity index (χ0v) is 11.7. The molecule has 1 saturated heterocycles. The van der Waals surface area contributed by atoms with E-state index in [0.29, 0.717) is 0 Å². The number of aliphatic hydroxyl groups excluding tert-OH is 1. The maximum atomic E-state index is 12.3. The Labute approximate surface area is 113 Å². The summed E-state index contributed by atoms with van der Waals surface area (Å²) in [5.74, 6) is -1.03. The van der Waals surface area contributed by atoms with Crippen molar-refractivity contribution >= 4 is 16.0 Å². The maximum Gasteiger partial charge on any atom is 0.322 e. The summed E-state index contributed by atoms with van der Waals surface area (Å²) < 4.78 is 25.6. The molecule has 110 valence electrons. The number of aliphatic carboxylic acids is 1. The highest BCUT2D eigenvalue weighted by atomic mass is 32.2. The molecule has 2 atom stereocenters. The van der Waals surface area contributed by atoms with Crippen molar-refractivity contribution in [3.8, 4) is 0 Å². The van der Waals surface area contributed by atoms with E-state index in [4.69, 9.17) is 5.11 Å². The molecule has 2 fully saturated rings. The highest BCUT2D eigenvalue weighted by Gasteiger charge is 2.43. The van der Waals surface area contributed by atoms with E-state index in [0.717, 1.165) is 36.4 Å². The first kappa shape index (κ1) is 14.7. The average Bonchev–Trinajstić information content (AvgIpc) is 2.73. The normalized spacial score (nSPS) is 30.6. The van der Waals surface area contributed by atoms with Gasteiger partial charge in [0.2, 0.25) is 10.0 Å². The summed E-state index contributed by atoms with van der Waals surface area (Å²) in [6, 6.07) is -1.11. The summed E-state index contributed by atoms with van der Waals surface area (Å²) in [4.78, 5) is 11.1. The number of aliphatic hydroxyl groups is 1. The van der Waals surface area contributed by atoms with Crippen LogP contribution in [-0.4, -0.2) is 53.3 Å². The molecule has 1 heterocycles. The Bertz CT molecular complexity index is 429. The first-order valence-corrected chi connectivity index (χ1v) is 8.41. The number of nitrogens with zero attached hydrogens (tertiary/aromatic N) is 1. The van der Waals surface area contributed by atoms with Gasteiger partial charge in [0.15, 0.2) is 0 Å². The minimum atomic E-state index is -3.59. The van der Waals surface area contributed by atoms with Gasteiger partial charge in [0.05, 0.1) is 11.9 Å². The van der Waals surface area contributed by atoms with Crippen molar-refractivity contribution in [3.05, 3.63) is 0 Å². The molecule has 7 heteroatoms. The van der Waals surface area contributed by atoms with Gasteiger partial charge in [-0.2, -0.15) is 4.31 Å². The van der Waals surface area contributed by atoms with E-state index in [9.17, 15) is 18.3 Å². The third-order valence-electron chi connectivity index (χ3n) is 4.05. The Hall–Kier alpha value is -0.660. The van der Waals surface area contributed by atoms with E-state index < -0.39 is 28.1 Å². The molecule has 0 spiro atoms. The lowest BCUT2D eigenvalue weighted by Gasteiger charge is -2.26. The molecule has 6 nitrogen and oxygen atoms in total. The van der Waals surface area contributed by atoms with Crippen LogP contribution in [0.4, 0.5) is 0 Å². The van der Waals surface area contributed by atoms with Gasteiger partial charge in [-0.25, -0.2) is 8.42 Å². The quantitative estimate of drug-likeness (QED) is 0.782. The molecule has 0 radical (unpaired) electrons. The van der Waals surface area contributed by atoms with Crippen molar-refractivity contribution in [3.63, 3.8) is 0 Å². The second kappa shape index (κ2) is 5.76. The molecule has 2 aliphatic rings. The second-order valence-electron chi connectivity index (χ2n) is 5.60. The van der Waals surface area contributed by atoms with E-state index in [1.165, 1.54) is 0 Å². The van der Waals surface area contributed by atoms with Crippen molar-refractivity contribution < 1.29 is 23.4 Å². The molecule has 0 aromatic heterocycles. The smallest absolute Gasteiger partial charge is 0.322 e. The van der Waals surface area contributed by atoms with Crippen LogP contribution in [-0.2, 0) is 14.8 Å². The molecular formula is C12H21NO5S. The fourth-order valence-corrected chi connectivity index (χ4v) is 5.15. The van der Waals surface area contributed by atoms with Gasteiger partial charge in [-0.05, 0) is 18.8 Å². The molecule has 1 saturated carbocycles. The molecule has 1 aliphatic carbocycles. The molecule has 2 rings (SSSR count). The van der Waals surface area contributed by atoms with Crippen LogP contribution in [0.2, 0.25) is 0 Å². The predicted molar refractivity (Wildman–Crippen MR) is 69.1 cm³/mol. The Morgan fingerprint density at radius 3 is 2.42 bits per heavy atom. The van der Waals surface area contributed by atoms with Crippen LogP contribution >= 0.6 is 0 Å². The predicted octanol–water partition coefficient (Wildman–Crippen LogP) is 0.416. The molecule has 19 heavy (non-hydrogen) atoms. The van der Waals surface area contributed by atoms with E-state index in [1.807, 2.05) is 0 Å². The van der Waals surface area contributed by atoms with Crippen LogP contribution in [0, 0.1) is 5.92 Å². The van der Waals surface area contributed by atoms with Crippen LogP contribution < -0.4 is 0 Å². The van der Waals surface area contributed by atoms with Gasteiger partial charge < -0.3 is 10.2 Å². The Morgan fingerprint density at radius 2 is 1.84 bits per heavy atom. The number of rotatable bonds is 4. The highest BCUT2D eigenvalue weighted by molar-refractivity contribution is 7.89. The van der Waals surface area contributed by atoms with Crippen molar-refractivity contribution in [1.29, 1.82) is 0 Å². The summed E-state index contributed by atoms with van der Waals surface area (Å²) in [6.45, 7) is -0.0913. The van der Waals surface area contributed by atoms with E-state index in [-0.39, 0.29) is 24.6 Å². The Morgan fingerprint density at radius 1 is 1.21 bits per heavy atom. The second-order valence-corrected chi connectivity index (χ2v) is 7.56. The van der Waals surface area contributed by atoms with Gasteiger partial charge in [0, 0.05) is 13.0 Å². The van der Waals surface area contributed by atoms with Crippen molar-refractivity contribution in [2.75, 3.05) is 12.3 Å². The zero-order chi connectivity index (χ0) is 14.0. The van der Waals surface area contributed by atoms with Crippen LogP contribution in [0.5, 0.6) is 0 Å². The first-order valence-electron chi connectivity index (χ1n) is 6.80. The molecule has 0 amide bonds. The lowest BCUT2D eigenvalue weighted by Crippen LogP contribution is -2.43. The average molecular weight is 291 g/mol. The van der Waals surface area contributed by atoms with Gasteiger partial charge >= 0.3 is 5.97 Å². The van der Waals surface area contributed by atoms with Crippen molar-refractivity contribution in [2.24, 2.45) is 5.92 Å². The summed E-state index contributed by atoms with van der Waals surface area (Å²) >= 11 is 0. The molecule has 2 N–H and O–H groups in total. The van der Waals surface area contributed by atoms with Crippen LogP contribution in [0.3, 0.4) is 0 Å². The maximum absolute atomic E-state index is 12.3. The number of sulfonamides is 1. The molecular weight excluding hydrogens is 270 g/mol. The fourth-order valence-electron chi connectivity index (χ4n) is 3.06. The van der Waals surface area contributed by atoms with Gasteiger partial charge in [-0.1, -0.05) is 19.3 Å². The van der Waals surface area contributed by atoms with Crippen LogP contribution in [0.25, 0.3) is 0 Å². The van der Waals surface area contributed by atoms with E-state index in [2.05, 4.69) is 0 Å². The van der Waals surface area contributed by atoms with Crippen LogP contribution in [0.1, 0.15) is 38.5 Å². The largest absolute Gasteiger partial charge is 0.480 e. The Kier molecular flexibility index (Phi) is 4.47. The fraction of sp³-hybridized carbons (Fsp3) is 0.917. The lowest BCUT2D eigenvalue weighted by atomic mass is 9.91. The number of carboxylic acids is 1. The van der Waals surface area contributed by atoms with Crippen molar-refractivity contribution in [2.45, 2.75) is 50.7 Å². The third-order valence-corrected chi connectivity index (χ3v) is 6.06. The minimum absolute atomic E-state index is 0.0147. The Balaban J connectivity index is 2.07. The topological polar surface area (TPSA) is 94.9 Å². The number of hydrogen-bond donors (Lipinski definition) is 2. The van der Waals surface area contributed by atoms with Gasteiger partial charge in [-0.3, -0.25) is 4.79 Å². The highest BCUT2D eigenvalue weighted by Crippen LogP contribution is 2.28. The van der Waals surface area contributed by atoms with Crippen molar-refractivity contribution in [1.82, 2.24) is 4.31 Å². The number of hydrogen-bond acceptors (Lipinski definition) is 4. The molecule has 0 bridgehead atoms. The molecule has 0 aromatic rings. The van der Waals surface area contributed by atoms with Gasteiger partial charge in [-0.15, -0.1) is 0 Å². The van der Waals surface area contributed by atoms with E-state index >= 15 is 0 Å². The summed E-state index contributed by atoms with van der Waals surface area (Å²) in [6.07, 6.45) is 4.15. The summed E-state index contributed by atoms with van der Waals surface area (Å²) in [5, 5.41) is 18.6. The zero-order valence-electron chi connectivity index (χ0n) is 10.9. The minimum Gasteiger partial charge on any atom is -0.480 e. The van der Waals surface area contributed by atoms with Gasteiger partial charge in [0.1, 0.15) is 6.04 Å². The standard InChI is InChI=1S/C12H21NO5S/c14-10-6-11(12(15)16)13(7-10)19(17,18)8-9-4-2-1-3-5-9/h9-11,14H,1-8H2,(H,15,16). The van der Waals surface area contributed by atoms with E-state index in [1.54, 1.807) is 0 Å². The SMILES string of the molecule is O=C(O)C1CC(O)CN1S(=O)(=O)CC1CCCCC1. The monoisotopic (exact) mass is 291 g/mol.